The van der Waals surface area contributed by atoms with Crippen LogP contribution in [0.15, 0.2) is 48.7 Å². The third kappa shape index (κ3) is 4.71. The first-order chi connectivity index (χ1) is 14.3. The number of hydrogen-bond acceptors (Lipinski definition) is 7. The Kier molecular flexibility index (Phi) is 6.25. The molecule has 8 heteroatoms. The minimum Gasteiger partial charge on any atom is -0.497 e. The molecule has 0 spiro atoms. The van der Waals surface area contributed by atoms with Crippen LogP contribution in [0.2, 0.25) is 0 Å². The molecule has 0 saturated carbocycles. The van der Waals surface area contributed by atoms with Gasteiger partial charge in [-0.1, -0.05) is 30.8 Å². The molecule has 0 aromatic heterocycles. The lowest BCUT2D eigenvalue weighted by atomic mass is 9.98. The van der Waals surface area contributed by atoms with Gasteiger partial charge in [0.05, 0.1) is 18.7 Å². The van der Waals surface area contributed by atoms with Gasteiger partial charge in [-0.25, -0.2) is 4.79 Å². The molecule has 2 atom stereocenters. The van der Waals surface area contributed by atoms with Crippen molar-refractivity contribution in [1.29, 1.82) is 0 Å². The molecule has 158 valence electrons. The zero-order chi connectivity index (χ0) is 21.8. The molecule has 1 fully saturated rings. The summed E-state index contributed by atoms with van der Waals surface area (Å²) in [6.07, 6.45) is -1.72. The molecule has 1 aliphatic rings. The number of nitrogens with zero attached hydrogens (tertiary/aromatic N) is 1. The first-order valence-corrected chi connectivity index (χ1v) is 9.46. The highest BCUT2D eigenvalue weighted by atomic mass is 16.9. The maximum Gasteiger partial charge on any atom is 0.536 e. The van der Waals surface area contributed by atoms with Gasteiger partial charge >= 0.3 is 12.1 Å². The Bertz CT molecular complexity index is 984. The molecule has 0 radical (unpaired) electrons. The standard InChI is InChI=1S/C22H23NO7/c1-13-5-10-20(24)23(13)30-22(26)29-15(3)28-21(25)14(2)16-6-7-18-12-19(27-4)9-8-17(18)11-16/h6-9,11-12,14-15H,1,5,10H2,2-4H3/t14-,15?/m0/s1. The van der Waals surface area contributed by atoms with E-state index in [2.05, 4.69) is 6.58 Å². The lowest BCUT2D eigenvalue weighted by molar-refractivity contribution is -0.182. The Morgan fingerprint density at radius 1 is 1.03 bits per heavy atom. The Morgan fingerprint density at radius 3 is 2.40 bits per heavy atom. The van der Waals surface area contributed by atoms with E-state index in [9.17, 15) is 14.4 Å². The number of fused-ring (bicyclic) bond motifs is 1. The summed E-state index contributed by atoms with van der Waals surface area (Å²) >= 11 is 0. The highest BCUT2D eigenvalue weighted by Gasteiger charge is 2.30. The number of allylic oxidation sites excluding steroid dienone is 1. The fourth-order valence-corrected chi connectivity index (χ4v) is 3.04. The Labute approximate surface area is 173 Å². The second-order valence-corrected chi connectivity index (χ2v) is 6.91. The maximum absolute atomic E-state index is 12.5. The summed E-state index contributed by atoms with van der Waals surface area (Å²) in [5.41, 5.74) is 1.12. The number of carbonyl (C=O) groups excluding carboxylic acids is 3. The summed E-state index contributed by atoms with van der Waals surface area (Å²) < 4.78 is 15.3. The van der Waals surface area contributed by atoms with Crippen LogP contribution in [0.5, 0.6) is 5.75 Å². The lowest BCUT2D eigenvalue weighted by Gasteiger charge is -2.19. The zero-order valence-electron chi connectivity index (χ0n) is 17.0. The van der Waals surface area contributed by atoms with Gasteiger partial charge in [0.25, 0.3) is 5.91 Å². The molecule has 2 aromatic rings. The molecule has 1 aliphatic heterocycles. The zero-order valence-corrected chi connectivity index (χ0v) is 17.0. The summed E-state index contributed by atoms with van der Waals surface area (Å²) in [6, 6.07) is 11.3. The number of hydrogen-bond donors (Lipinski definition) is 0. The molecule has 8 nitrogen and oxygen atoms in total. The van der Waals surface area contributed by atoms with Crippen molar-refractivity contribution < 1.29 is 33.4 Å². The Balaban J connectivity index is 1.58. The molecule has 0 bridgehead atoms. The van der Waals surface area contributed by atoms with Gasteiger partial charge in [0.15, 0.2) is 0 Å². The molecule has 1 saturated heterocycles. The number of rotatable bonds is 6. The number of ether oxygens (including phenoxy) is 3. The van der Waals surface area contributed by atoms with Crippen molar-refractivity contribution in [2.24, 2.45) is 0 Å². The summed E-state index contributed by atoms with van der Waals surface area (Å²) in [7, 11) is 1.60. The maximum atomic E-state index is 12.5. The van der Waals surface area contributed by atoms with Gasteiger partial charge in [-0.3, -0.25) is 14.4 Å². The largest absolute Gasteiger partial charge is 0.536 e. The van der Waals surface area contributed by atoms with Crippen molar-refractivity contribution in [3.8, 4) is 5.75 Å². The molecule has 0 aliphatic carbocycles. The first kappa shape index (κ1) is 21.2. The SMILES string of the molecule is C=C1CCC(=O)N1OC(=O)OC(C)OC(=O)[C@@H](C)c1ccc2cc(OC)ccc2c1. The first-order valence-electron chi connectivity index (χ1n) is 9.46. The molecule has 2 aromatic carbocycles. The number of benzene rings is 2. The van der Waals surface area contributed by atoms with Crippen LogP contribution in [-0.4, -0.2) is 36.5 Å². The van der Waals surface area contributed by atoms with Crippen LogP contribution >= 0.6 is 0 Å². The van der Waals surface area contributed by atoms with E-state index < -0.39 is 24.3 Å². The normalized spacial score (nSPS) is 15.6. The van der Waals surface area contributed by atoms with Gasteiger partial charge in [-0.2, -0.15) is 0 Å². The molecular formula is C22H23NO7. The van der Waals surface area contributed by atoms with Gasteiger partial charge in [-0.05, 0) is 41.8 Å². The van der Waals surface area contributed by atoms with E-state index in [1.54, 1.807) is 14.0 Å². The predicted molar refractivity (Wildman–Crippen MR) is 107 cm³/mol. The van der Waals surface area contributed by atoms with E-state index in [1.165, 1.54) is 6.92 Å². The predicted octanol–water partition coefficient (Wildman–Crippen LogP) is 4.05. The number of methoxy groups -OCH3 is 1. The summed E-state index contributed by atoms with van der Waals surface area (Å²) in [5.74, 6) is -0.785. The quantitative estimate of drug-likeness (QED) is 0.521. The average molecular weight is 413 g/mol. The number of amides is 1. The second kappa shape index (κ2) is 8.86. The number of carbonyl (C=O) groups is 3. The van der Waals surface area contributed by atoms with Crippen LogP contribution in [0, 0.1) is 0 Å². The number of hydroxylamine groups is 2. The molecule has 0 N–H and O–H groups in total. The minimum absolute atomic E-state index is 0.215. The van der Waals surface area contributed by atoms with Crippen molar-refractivity contribution in [3.05, 3.63) is 54.2 Å². The van der Waals surface area contributed by atoms with Crippen molar-refractivity contribution >= 4 is 28.8 Å². The highest BCUT2D eigenvalue weighted by Crippen LogP contribution is 2.26. The van der Waals surface area contributed by atoms with Crippen molar-refractivity contribution in [2.45, 2.75) is 38.9 Å². The summed E-state index contributed by atoms with van der Waals surface area (Å²) in [5, 5.41) is 2.73. The van der Waals surface area contributed by atoms with Crippen molar-refractivity contribution in [2.75, 3.05) is 7.11 Å². The fraction of sp³-hybridized carbons (Fsp3) is 0.318. The fourth-order valence-electron chi connectivity index (χ4n) is 3.04. The van der Waals surface area contributed by atoms with Gasteiger partial charge in [0.2, 0.25) is 6.29 Å². The van der Waals surface area contributed by atoms with Crippen molar-refractivity contribution in [3.63, 3.8) is 0 Å². The van der Waals surface area contributed by atoms with Crippen LogP contribution in [-0.2, 0) is 23.9 Å². The van der Waals surface area contributed by atoms with Crippen LogP contribution in [0.4, 0.5) is 4.79 Å². The Morgan fingerprint density at radius 2 is 1.73 bits per heavy atom. The van der Waals surface area contributed by atoms with Gasteiger partial charge in [0.1, 0.15) is 5.75 Å². The van der Waals surface area contributed by atoms with Gasteiger partial charge < -0.3 is 14.2 Å². The van der Waals surface area contributed by atoms with E-state index in [1.807, 2.05) is 36.4 Å². The molecular weight excluding hydrogens is 390 g/mol. The molecule has 1 heterocycles. The van der Waals surface area contributed by atoms with E-state index in [0.29, 0.717) is 12.1 Å². The second-order valence-electron chi connectivity index (χ2n) is 6.91. The topological polar surface area (TPSA) is 91.4 Å². The van der Waals surface area contributed by atoms with Gasteiger partial charge in [0, 0.05) is 13.3 Å². The lowest BCUT2D eigenvalue weighted by Crippen LogP contribution is -2.30. The average Bonchev–Trinajstić information content (AvgIpc) is 3.04. The molecule has 1 amide bonds. The monoisotopic (exact) mass is 413 g/mol. The third-order valence-corrected chi connectivity index (χ3v) is 4.78. The van der Waals surface area contributed by atoms with Crippen LogP contribution in [0.3, 0.4) is 0 Å². The van der Waals surface area contributed by atoms with Crippen LogP contribution in [0.1, 0.15) is 38.2 Å². The van der Waals surface area contributed by atoms with E-state index in [4.69, 9.17) is 19.0 Å². The molecule has 30 heavy (non-hydrogen) atoms. The highest BCUT2D eigenvalue weighted by molar-refractivity contribution is 5.87. The summed E-state index contributed by atoms with van der Waals surface area (Å²) in [6.45, 7) is 6.72. The van der Waals surface area contributed by atoms with E-state index >= 15 is 0 Å². The van der Waals surface area contributed by atoms with E-state index in [0.717, 1.165) is 27.1 Å². The van der Waals surface area contributed by atoms with Crippen LogP contribution < -0.4 is 4.74 Å². The number of esters is 1. The third-order valence-electron chi connectivity index (χ3n) is 4.78. The van der Waals surface area contributed by atoms with E-state index in [-0.39, 0.29) is 12.3 Å². The minimum atomic E-state index is -1.19. The van der Waals surface area contributed by atoms with Crippen molar-refractivity contribution in [1.82, 2.24) is 5.06 Å². The summed E-state index contributed by atoms with van der Waals surface area (Å²) in [4.78, 5) is 40.7. The Hall–Kier alpha value is -3.55. The molecule has 3 rings (SSSR count). The smallest absolute Gasteiger partial charge is 0.497 e. The molecule has 1 unspecified atom stereocenters. The van der Waals surface area contributed by atoms with Gasteiger partial charge in [-0.15, -0.1) is 5.06 Å². The van der Waals surface area contributed by atoms with Crippen LogP contribution in [0.25, 0.3) is 10.8 Å².